The van der Waals surface area contributed by atoms with E-state index in [-0.39, 0.29) is 5.91 Å². The quantitative estimate of drug-likeness (QED) is 0.790. The van der Waals surface area contributed by atoms with E-state index in [1.54, 1.807) is 11.8 Å². The molecule has 0 N–H and O–H groups in total. The van der Waals surface area contributed by atoms with Crippen LogP contribution in [0.5, 0.6) is 0 Å². The number of rotatable bonds is 3. The molecule has 0 aromatic heterocycles. The van der Waals surface area contributed by atoms with E-state index in [1.165, 1.54) is 16.8 Å². The number of hydrogen-bond acceptors (Lipinski definition) is 3. The zero-order valence-electron chi connectivity index (χ0n) is 14.6. The monoisotopic (exact) mass is 340 g/mol. The first-order valence-corrected chi connectivity index (χ1v) is 9.57. The molecule has 0 saturated carbocycles. The molecule has 3 nitrogen and oxygen atoms in total. The van der Waals surface area contributed by atoms with Crippen molar-refractivity contribution in [2.75, 3.05) is 37.3 Å². The van der Waals surface area contributed by atoms with E-state index in [2.05, 4.69) is 36.9 Å². The number of thioether (sulfide) groups is 1. The van der Waals surface area contributed by atoms with Gasteiger partial charge in [0.25, 0.3) is 5.91 Å². The summed E-state index contributed by atoms with van der Waals surface area (Å²) in [5, 5.41) is 0. The van der Waals surface area contributed by atoms with Crippen LogP contribution in [0.4, 0.5) is 5.69 Å². The molecule has 126 valence electrons. The Labute approximate surface area is 148 Å². The van der Waals surface area contributed by atoms with E-state index >= 15 is 0 Å². The Kier molecular flexibility index (Phi) is 5.14. The Morgan fingerprint density at radius 2 is 1.67 bits per heavy atom. The number of carbonyl (C=O) groups excluding carboxylic acids is 1. The summed E-state index contributed by atoms with van der Waals surface area (Å²) >= 11 is 1.63. The van der Waals surface area contributed by atoms with Crippen molar-refractivity contribution in [3.05, 3.63) is 59.2 Å². The van der Waals surface area contributed by atoms with Gasteiger partial charge < -0.3 is 9.80 Å². The van der Waals surface area contributed by atoms with Gasteiger partial charge >= 0.3 is 0 Å². The summed E-state index contributed by atoms with van der Waals surface area (Å²) in [5.41, 5.74) is 4.78. The number of piperazine rings is 1. The SMILES string of the molecule is CSc1ccccc1C(=O)N1CCN(c2cccc(C)c2C)CC1. The predicted molar refractivity (Wildman–Crippen MR) is 102 cm³/mol. The van der Waals surface area contributed by atoms with Gasteiger partial charge in [-0.25, -0.2) is 0 Å². The van der Waals surface area contributed by atoms with Crippen molar-refractivity contribution in [1.29, 1.82) is 0 Å². The Bertz CT molecular complexity index is 736. The lowest BCUT2D eigenvalue weighted by Gasteiger charge is -2.37. The van der Waals surface area contributed by atoms with Gasteiger partial charge in [0.1, 0.15) is 0 Å². The smallest absolute Gasteiger partial charge is 0.255 e. The van der Waals surface area contributed by atoms with Crippen molar-refractivity contribution in [3.63, 3.8) is 0 Å². The molecule has 1 heterocycles. The van der Waals surface area contributed by atoms with Gasteiger partial charge in [-0.2, -0.15) is 0 Å². The van der Waals surface area contributed by atoms with Gasteiger partial charge in [0.05, 0.1) is 5.56 Å². The minimum atomic E-state index is 0.153. The molecular weight excluding hydrogens is 316 g/mol. The fraction of sp³-hybridized carbons (Fsp3) is 0.350. The van der Waals surface area contributed by atoms with Gasteiger partial charge in [0.2, 0.25) is 0 Å². The van der Waals surface area contributed by atoms with E-state index in [9.17, 15) is 4.79 Å². The Morgan fingerprint density at radius 1 is 0.958 bits per heavy atom. The number of benzene rings is 2. The highest BCUT2D eigenvalue weighted by Gasteiger charge is 2.24. The molecular formula is C20H24N2OS. The normalized spacial score (nSPS) is 14.8. The largest absolute Gasteiger partial charge is 0.368 e. The highest BCUT2D eigenvalue weighted by Crippen LogP contribution is 2.25. The van der Waals surface area contributed by atoms with E-state index in [4.69, 9.17) is 0 Å². The first-order chi connectivity index (χ1) is 11.6. The molecule has 1 amide bonds. The maximum Gasteiger partial charge on any atom is 0.255 e. The second kappa shape index (κ2) is 7.31. The molecule has 3 rings (SSSR count). The van der Waals surface area contributed by atoms with Crippen LogP contribution < -0.4 is 4.90 Å². The molecule has 0 spiro atoms. The zero-order valence-corrected chi connectivity index (χ0v) is 15.4. The van der Waals surface area contributed by atoms with Crippen molar-refractivity contribution in [2.24, 2.45) is 0 Å². The molecule has 1 saturated heterocycles. The van der Waals surface area contributed by atoms with E-state index in [0.29, 0.717) is 0 Å². The second-order valence-corrected chi connectivity index (χ2v) is 7.05. The molecule has 2 aromatic rings. The van der Waals surface area contributed by atoms with Crippen LogP contribution in [0.2, 0.25) is 0 Å². The van der Waals surface area contributed by atoms with Gasteiger partial charge in [0.15, 0.2) is 0 Å². The summed E-state index contributed by atoms with van der Waals surface area (Å²) < 4.78 is 0. The lowest BCUT2D eigenvalue weighted by atomic mass is 10.1. The Balaban J connectivity index is 1.71. The minimum absolute atomic E-state index is 0.153. The number of anilines is 1. The number of aryl methyl sites for hydroxylation is 1. The first kappa shape index (κ1) is 16.9. The molecule has 2 aromatic carbocycles. The molecule has 4 heteroatoms. The number of hydrogen-bond donors (Lipinski definition) is 0. The van der Waals surface area contributed by atoms with Crippen LogP contribution in [0.25, 0.3) is 0 Å². The summed E-state index contributed by atoms with van der Waals surface area (Å²) in [7, 11) is 0. The lowest BCUT2D eigenvalue weighted by molar-refractivity contribution is 0.0743. The summed E-state index contributed by atoms with van der Waals surface area (Å²) in [6, 6.07) is 14.3. The van der Waals surface area contributed by atoms with Crippen LogP contribution in [-0.2, 0) is 0 Å². The number of amides is 1. The minimum Gasteiger partial charge on any atom is -0.368 e. The van der Waals surface area contributed by atoms with Crippen LogP contribution in [0.15, 0.2) is 47.4 Å². The van der Waals surface area contributed by atoms with Gasteiger partial charge in [-0.1, -0.05) is 24.3 Å². The average Bonchev–Trinajstić information content (AvgIpc) is 2.63. The summed E-state index contributed by atoms with van der Waals surface area (Å²) in [5.74, 6) is 0.153. The molecule has 1 fully saturated rings. The Hall–Kier alpha value is -1.94. The van der Waals surface area contributed by atoms with E-state index in [1.807, 2.05) is 35.4 Å². The summed E-state index contributed by atoms with van der Waals surface area (Å²) in [6.45, 7) is 7.65. The predicted octanol–water partition coefficient (Wildman–Crippen LogP) is 3.99. The summed E-state index contributed by atoms with van der Waals surface area (Å²) in [4.78, 5) is 18.3. The highest BCUT2D eigenvalue weighted by atomic mass is 32.2. The van der Waals surface area contributed by atoms with Gasteiger partial charge in [0, 0.05) is 36.8 Å². The van der Waals surface area contributed by atoms with Crippen molar-refractivity contribution >= 4 is 23.4 Å². The average molecular weight is 340 g/mol. The first-order valence-electron chi connectivity index (χ1n) is 8.35. The van der Waals surface area contributed by atoms with Gasteiger partial charge in [-0.15, -0.1) is 11.8 Å². The molecule has 0 unspecified atom stereocenters. The van der Waals surface area contributed by atoms with Crippen LogP contribution in [0.3, 0.4) is 0 Å². The van der Waals surface area contributed by atoms with Crippen molar-refractivity contribution in [1.82, 2.24) is 4.90 Å². The maximum absolute atomic E-state index is 12.8. The maximum atomic E-state index is 12.8. The third kappa shape index (κ3) is 3.29. The highest BCUT2D eigenvalue weighted by molar-refractivity contribution is 7.98. The third-order valence-corrected chi connectivity index (χ3v) is 5.62. The van der Waals surface area contributed by atoms with E-state index < -0.39 is 0 Å². The Morgan fingerprint density at radius 3 is 2.38 bits per heavy atom. The van der Waals surface area contributed by atoms with Crippen LogP contribution in [-0.4, -0.2) is 43.2 Å². The van der Waals surface area contributed by atoms with Gasteiger partial charge in [-0.05, 0) is 49.4 Å². The fourth-order valence-corrected chi connectivity index (χ4v) is 3.81. The van der Waals surface area contributed by atoms with Crippen molar-refractivity contribution in [3.8, 4) is 0 Å². The fourth-order valence-electron chi connectivity index (χ4n) is 3.22. The standard InChI is InChI=1S/C20H24N2OS/c1-15-7-6-9-18(16(15)2)21-11-13-22(14-12-21)20(23)17-8-4-5-10-19(17)24-3/h4-10H,11-14H2,1-3H3. The lowest BCUT2D eigenvalue weighted by Crippen LogP contribution is -2.49. The molecule has 0 bridgehead atoms. The van der Waals surface area contributed by atoms with Crippen molar-refractivity contribution in [2.45, 2.75) is 18.7 Å². The molecule has 0 aliphatic carbocycles. The van der Waals surface area contributed by atoms with Crippen LogP contribution in [0, 0.1) is 13.8 Å². The second-order valence-electron chi connectivity index (χ2n) is 6.20. The van der Waals surface area contributed by atoms with Gasteiger partial charge in [-0.3, -0.25) is 4.79 Å². The van der Waals surface area contributed by atoms with E-state index in [0.717, 1.165) is 36.6 Å². The van der Waals surface area contributed by atoms with Crippen molar-refractivity contribution < 1.29 is 4.79 Å². The number of carbonyl (C=O) groups is 1. The number of nitrogens with zero attached hydrogens (tertiary/aromatic N) is 2. The van der Waals surface area contributed by atoms with Crippen LogP contribution >= 0.6 is 11.8 Å². The third-order valence-electron chi connectivity index (χ3n) is 4.82. The zero-order chi connectivity index (χ0) is 17.1. The molecule has 1 aliphatic rings. The van der Waals surface area contributed by atoms with Crippen LogP contribution in [0.1, 0.15) is 21.5 Å². The molecule has 1 aliphatic heterocycles. The topological polar surface area (TPSA) is 23.6 Å². The molecule has 24 heavy (non-hydrogen) atoms. The molecule has 0 radical (unpaired) electrons. The summed E-state index contributed by atoms with van der Waals surface area (Å²) in [6.07, 6.45) is 2.02. The molecule has 0 atom stereocenters.